The first-order chi connectivity index (χ1) is 12.3. The van der Waals surface area contributed by atoms with E-state index in [0.717, 1.165) is 16.9 Å². The maximum absolute atomic E-state index is 10.5. The Bertz CT molecular complexity index is 966. The fourth-order valence-electron chi connectivity index (χ4n) is 3.08. The summed E-state index contributed by atoms with van der Waals surface area (Å²) in [5.74, 6) is 2.33. The second-order valence-electron chi connectivity index (χ2n) is 5.71. The van der Waals surface area contributed by atoms with Crippen molar-refractivity contribution >= 4 is 0 Å². The van der Waals surface area contributed by atoms with Gasteiger partial charge in [-0.1, -0.05) is 6.07 Å². The number of fused-ring (bicyclic) bond motifs is 2. The molecule has 2 aromatic carbocycles. The number of aromatic nitrogens is 2. The van der Waals surface area contributed by atoms with Crippen LogP contribution in [0.2, 0.25) is 0 Å². The normalized spacial score (nSPS) is 14.6. The molecule has 7 nitrogen and oxygen atoms in total. The molecule has 126 valence electrons. The molecule has 2 aliphatic rings. The van der Waals surface area contributed by atoms with E-state index in [1.165, 1.54) is 0 Å². The number of ether oxygens (including phenoxy) is 4. The highest BCUT2D eigenvalue weighted by atomic mass is 16.7. The van der Waals surface area contributed by atoms with E-state index in [0.29, 0.717) is 41.7 Å². The highest BCUT2D eigenvalue weighted by molar-refractivity contribution is 5.85. The molecule has 2 N–H and O–H groups in total. The van der Waals surface area contributed by atoms with Crippen molar-refractivity contribution in [3.05, 3.63) is 36.5 Å². The van der Waals surface area contributed by atoms with Crippen molar-refractivity contribution in [1.29, 1.82) is 0 Å². The second-order valence-corrected chi connectivity index (χ2v) is 5.71. The smallest absolute Gasteiger partial charge is 0.231 e. The van der Waals surface area contributed by atoms with Crippen molar-refractivity contribution < 1.29 is 24.1 Å². The molecular weight excluding hydrogens is 324 g/mol. The summed E-state index contributed by atoms with van der Waals surface area (Å²) in [5, 5.41) is 17.6. The van der Waals surface area contributed by atoms with Gasteiger partial charge >= 0.3 is 0 Å². The fraction of sp³-hybridized carbons (Fsp3) is 0.167. The number of hydrogen-bond acceptors (Lipinski definition) is 6. The van der Waals surface area contributed by atoms with Gasteiger partial charge in [0, 0.05) is 11.1 Å². The Balaban J connectivity index is 1.62. The van der Waals surface area contributed by atoms with Crippen LogP contribution in [0, 0.1) is 0 Å². The third kappa shape index (κ3) is 2.16. The van der Waals surface area contributed by atoms with Gasteiger partial charge in [-0.25, -0.2) is 0 Å². The maximum atomic E-state index is 10.5. The van der Waals surface area contributed by atoms with E-state index >= 15 is 0 Å². The monoisotopic (exact) mass is 338 g/mol. The summed E-state index contributed by atoms with van der Waals surface area (Å²) in [6.45, 7) is 1.18. The van der Waals surface area contributed by atoms with E-state index in [9.17, 15) is 5.11 Å². The lowest BCUT2D eigenvalue weighted by atomic mass is 10.00. The fourth-order valence-corrected chi connectivity index (χ4v) is 3.08. The number of nitrogens with zero attached hydrogens (tertiary/aromatic N) is 1. The molecule has 0 aliphatic carbocycles. The van der Waals surface area contributed by atoms with Gasteiger partial charge in [-0.3, -0.25) is 5.10 Å². The van der Waals surface area contributed by atoms with E-state index < -0.39 is 0 Å². The molecule has 0 spiro atoms. The van der Waals surface area contributed by atoms with Crippen LogP contribution in [-0.2, 0) is 0 Å². The van der Waals surface area contributed by atoms with Gasteiger partial charge in [0.05, 0.1) is 11.9 Å². The molecule has 3 aromatic rings. The Morgan fingerprint density at radius 1 is 0.880 bits per heavy atom. The van der Waals surface area contributed by atoms with Crippen LogP contribution in [0.4, 0.5) is 0 Å². The topological polar surface area (TPSA) is 85.8 Å². The number of phenolic OH excluding ortho intramolecular Hbond substituents is 1. The van der Waals surface area contributed by atoms with Gasteiger partial charge in [-0.05, 0) is 29.8 Å². The van der Waals surface area contributed by atoms with E-state index in [-0.39, 0.29) is 12.5 Å². The number of benzene rings is 2. The first kappa shape index (κ1) is 14.0. The number of nitrogens with one attached hydrogen (secondary N) is 1. The first-order valence-electron chi connectivity index (χ1n) is 7.86. The minimum absolute atomic E-state index is 0.0260. The Kier molecular flexibility index (Phi) is 3.00. The minimum Gasteiger partial charge on any atom is -0.504 e. The zero-order valence-electron chi connectivity index (χ0n) is 13.1. The molecule has 3 heterocycles. The van der Waals surface area contributed by atoms with E-state index in [1.54, 1.807) is 18.3 Å². The maximum Gasteiger partial charge on any atom is 0.231 e. The molecule has 0 fully saturated rings. The minimum atomic E-state index is 0.0260. The largest absolute Gasteiger partial charge is 0.504 e. The summed E-state index contributed by atoms with van der Waals surface area (Å²) >= 11 is 0. The Morgan fingerprint density at radius 3 is 2.64 bits per heavy atom. The highest BCUT2D eigenvalue weighted by Gasteiger charge is 2.24. The summed E-state index contributed by atoms with van der Waals surface area (Å²) in [4.78, 5) is 0. The Morgan fingerprint density at radius 2 is 1.72 bits per heavy atom. The number of aromatic amines is 1. The van der Waals surface area contributed by atoms with Gasteiger partial charge in [0.1, 0.15) is 13.2 Å². The van der Waals surface area contributed by atoms with Gasteiger partial charge in [-0.15, -0.1) is 0 Å². The van der Waals surface area contributed by atoms with E-state index in [2.05, 4.69) is 10.2 Å². The molecule has 0 bridgehead atoms. The molecule has 0 saturated carbocycles. The zero-order chi connectivity index (χ0) is 16.8. The van der Waals surface area contributed by atoms with Crippen molar-refractivity contribution in [2.75, 3.05) is 20.0 Å². The van der Waals surface area contributed by atoms with Crippen molar-refractivity contribution in [3.8, 4) is 51.1 Å². The summed E-state index contributed by atoms with van der Waals surface area (Å²) in [7, 11) is 0. The van der Waals surface area contributed by atoms with Gasteiger partial charge < -0.3 is 24.1 Å². The van der Waals surface area contributed by atoms with Crippen LogP contribution in [0.25, 0.3) is 22.4 Å². The van der Waals surface area contributed by atoms with Crippen molar-refractivity contribution in [1.82, 2.24) is 10.2 Å². The van der Waals surface area contributed by atoms with E-state index in [4.69, 9.17) is 18.9 Å². The van der Waals surface area contributed by atoms with E-state index in [1.807, 2.05) is 18.2 Å². The lowest BCUT2D eigenvalue weighted by molar-refractivity contribution is 0.171. The molecule has 0 saturated heterocycles. The summed E-state index contributed by atoms with van der Waals surface area (Å²) in [5.41, 5.74) is 3.02. The number of hydrogen-bond donors (Lipinski definition) is 2. The summed E-state index contributed by atoms with van der Waals surface area (Å²) in [6.07, 6.45) is 1.71. The number of rotatable bonds is 2. The van der Waals surface area contributed by atoms with Gasteiger partial charge in [0.15, 0.2) is 23.0 Å². The van der Waals surface area contributed by atoms with Crippen molar-refractivity contribution in [3.63, 3.8) is 0 Å². The molecule has 25 heavy (non-hydrogen) atoms. The van der Waals surface area contributed by atoms with Crippen LogP contribution in [0.3, 0.4) is 0 Å². The summed E-state index contributed by atoms with van der Waals surface area (Å²) in [6, 6.07) is 9.27. The number of phenols is 1. The average molecular weight is 338 g/mol. The SMILES string of the molecule is Oc1c(-c2[nH]ncc2-c2ccc3c(c2)OCCO3)ccc2c1OCO2. The Hall–Kier alpha value is -3.35. The van der Waals surface area contributed by atoms with Crippen LogP contribution in [0.15, 0.2) is 36.5 Å². The molecule has 0 atom stereocenters. The van der Waals surface area contributed by atoms with Gasteiger partial charge in [-0.2, -0.15) is 5.10 Å². The molecule has 2 aliphatic heterocycles. The zero-order valence-corrected chi connectivity index (χ0v) is 13.1. The van der Waals surface area contributed by atoms with Crippen LogP contribution in [0.1, 0.15) is 0 Å². The first-order valence-corrected chi connectivity index (χ1v) is 7.86. The van der Waals surface area contributed by atoms with Gasteiger partial charge in [0.25, 0.3) is 0 Å². The van der Waals surface area contributed by atoms with Crippen molar-refractivity contribution in [2.24, 2.45) is 0 Å². The second kappa shape index (κ2) is 5.34. The lowest BCUT2D eigenvalue weighted by Crippen LogP contribution is -2.15. The lowest BCUT2D eigenvalue weighted by Gasteiger charge is -2.19. The third-order valence-electron chi connectivity index (χ3n) is 4.27. The Labute approximate surface area is 142 Å². The number of aromatic hydroxyl groups is 1. The van der Waals surface area contributed by atoms with Gasteiger partial charge in [0.2, 0.25) is 12.5 Å². The van der Waals surface area contributed by atoms with Crippen LogP contribution in [-0.4, -0.2) is 35.3 Å². The quantitative estimate of drug-likeness (QED) is 0.747. The highest BCUT2D eigenvalue weighted by Crippen LogP contribution is 2.47. The molecule has 0 radical (unpaired) electrons. The summed E-state index contributed by atoms with van der Waals surface area (Å²) < 4.78 is 21.8. The molecular formula is C18H14N2O5. The molecule has 0 unspecified atom stereocenters. The van der Waals surface area contributed by atoms with Crippen LogP contribution < -0.4 is 18.9 Å². The van der Waals surface area contributed by atoms with Crippen LogP contribution in [0.5, 0.6) is 28.7 Å². The van der Waals surface area contributed by atoms with Crippen LogP contribution >= 0.6 is 0 Å². The molecule has 5 rings (SSSR count). The predicted octanol–water partition coefficient (Wildman–Crippen LogP) is 2.95. The standard InChI is InChI=1S/C18H14N2O5/c21-17-11(2-4-14-18(17)25-9-24-14)16-12(8-19-20-16)10-1-3-13-15(7-10)23-6-5-22-13/h1-4,7-8,21H,5-6,9H2,(H,19,20). The number of H-pyrrole nitrogens is 1. The molecule has 0 amide bonds. The molecule has 1 aromatic heterocycles. The molecule has 7 heteroatoms. The predicted molar refractivity (Wildman–Crippen MR) is 88.2 cm³/mol. The average Bonchev–Trinajstić information content (AvgIpc) is 3.31. The van der Waals surface area contributed by atoms with Crippen molar-refractivity contribution in [2.45, 2.75) is 0 Å². The third-order valence-corrected chi connectivity index (χ3v) is 4.27.